The lowest BCUT2D eigenvalue weighted by Crippen LogP contribution is -2.45. The molecule has 1 fully saturated rings. The maximum atomic E-state index is 13.1. The molecule has 162 valence electrons. The van der Waals surface area contributed by atoms with Gasteiger partial charge in [0.1, 0.15) is 0 Å². The number of benzene rings is 2. The van der Waals surface area contributed by atoms with Crippen molar-refractivity contribution in [1.82, 2.24) is 20.2 Å². The van der Waals surface area contributed by atoms with Gasteiger partial charge in [-0.25, -0.2) is 9.69 Å². The van der Waals surface area contributed by atoms with Gasteiger partial charge in [-0.3, -0.25) is 10.2 Å². The molecule has 8 heteroatoms. The number of aromatic nitrogens is 2. The fourth-order valence-electron chi connectivity index (χ4n) is 3.85. The first-order valence-corrected chi connectivity index (χ1v) is 11.0. The Morgan fingerprint density at radius 1 is 1.10 bits per heavy atom. The molecular formula is C23H24Cl2N4O2. The molecule has 3 aromatic rings. The van der Waals surface area contributed by atoms with E-state index in [1.807, 2.05) is 36.2 Å². The lowest BCUT2D eigenvalue weighted by molar-refractivity contribution is 0.0743. The van der Waals surface area contributed by atoms with E-state index in [9.17, 15) is 9.90 Å². The first-order chi connectivity index (χ1) is 15.0. The monoisotopic (exact) mass is 458 g/mol. The molecule has 2 aromatic carbocycles. The average molecular weight is 459 g/mol. The molecule has 1 saturated heterocycles. The molecule has 6 nitrogen and oxygen atoms in total. The van der Waals surface area contributed by atoms with E-state index in [2.05, 4.69) is 10.5 Å². The van der Waals surface area contributed by atoms with Gasteiger partial charge in [-0.2, -0.15) is 5.10 Å². The number of hydrogen-bond donors (Lipinski definition) is 2. The van der Waals surface area contributed by atoms with E-state index in [1.54, 1.807) is 22.9 Å². The number of aliphatic hydroxyl groups excluding tert-OH is 1. The smallest absolute Gasteiger partial charge is 0.286 e. The standard InChI is InChI=1S/C23H24Cl2N4O2/c1-15-21(23(31)27-28-11-3-2-4-12-28)26-29(20-10-9-18(24)13-19(20)25)22(15)17-7-5-16(14-30)6-8-17/h5-10,13,30H,2-4,11-12,14H2,1H3,(H,27,31). The zero-order chi connectivity index (χ0) is 22.0. The molecule has 0 aliphatic carbocycles. The third kappa shape index (κ3) is 4.62. The number of carbonyl (C=O) groups is 1. The highest BCUT2D eigenvalue weighted by Gasteiger charge is 2.24. The molecule has 0 atom stereocenters. The Labute approximate surface area is 191 Å². The van der Waals surface area contributed by atoms with Crippen LogP contribution in [-0.4, -0.2) is 38.9 Å². The van der Waals surface area contributed by atoms with Crippen LogP contribution in [0.15, 0.2) is 42.5 Å². The van der Waals surface area contributed by atoms with Gasteiger partial charge in [-0.15, -0.1) is 0 Å². The van der Waals surface area contributed by atoms with Gasteiger partial charge >= 0.3 is 0 Å². The van der Waals surface area contributed by atoms with E-state index in [0.717, 1.165) is 48.3 Å². The Kier molecular flexibility index (Phi) is 6.62. The third-order valence-corrected chi connectivity index (χ3v) is 6.04. The van der Waals surface area contributed by atoms with Gasteiger partial charge < -0.3 is 5.11 Å². The quantitative estimate of drug-likeness (QED) is 0.577. The van der Waals surface area contributed by atoms with E-state index < -0.39 is 0 Å². The van der Waals surface area contributed by atoms with Crippen LogP contribution in [0.4, 0.5) is 0 Å². The molecule has 0 saturated carbocycles. The van der Waals surface area contributed by atoms with Crippen molar-refractivity contribution in [3.8, 4) is 16.9 Å². The molecule has 0 bridgehead atoms. The van der Waals surface area contributed by atoms with Crippen molar-refractivity contribution in [2.75, 3.05) is 13.1 Å². The second-order valence-electron chi connectivity index (χ2n) is 7.67. The zero-order valence-corrected chi connectivity index (χ0v) is 18.7. The van der Waals surface area contributed by atoms with E-state index in [1.165, 1.54) is 6.42 Å². The summed E-state index contributed by atoms with van der Waals surface area (Å²) in [6.45, 7) is 3.52. The maximum Gasteiger partial charge on any atom is 0.286 e. The van der Waals surface area contributed by atoms with Crippen LogP contribution in [-0.2, 0) is 6.61 Å². The van der Waals surface area contributed by atoms with Crippen molar-refractivity contribution in [3.63, 3.8) is 0 Å². The molecule has 2 heterocycles. The predicted octanol–water partition coefficient (Wildman–Crippen LogP) is 4.78. The number of amides is 1. The van der Waals surface area contributed by atoms with Crippen LogP contribution >= 0.6 is 23.2 Å². The molecule has 31 heavy (non-hydrogen) atoms. The number of carbonyl (C=O) groups excluding carboxylic acids is 1. The largest absolute Gasteiger partial charge is 0.392 e. The van der Waals surface area contributed by atoms with Crippen LogP contribution in [0.25, 0.3) is 16.9 Å². The Morgan fingerprint density at radius 3 is 2.45 bits per heavy atom. The summed E-state index contributed by atoms with van der Waals surface area (Å²) < 4.78 is 1.69. The Morgan fingerprint density at radius 2 is 1.81 bits per heavy atom. The van der Waals surface area contributed by atoms with Gasteiger partial charge in [-0.1, -0.05) is 53.9 Å². The summed E-state index contributed by atoms with van der Waals surface area (Å²) in [6, 6.07) is 12.7. The van der Waals surface area contributed by atoms with Crippen molar-refractivity contribution in [1.29, 1.82) is 0 Å². The molecule has 1 amide bonds. The Bertz CT molecular complexity index is 1090. The highest BCUT2D eigenvalue weighted by atomic mass is 35.5. The van der Waals surface area contributed by atoms with Crippen LogP contribution in [0.5, 0.6) is 0 Å². The Hall–Kier alpha value is -2.38. The van der Waals surface area contributed by atoms with E-state index in [0.29, 0.717) is 21.4 Å². The molecule has 0 radical (unpaired) electrons. The molecule has 2 N–H and O–H groups in total. The normalized spacial score (nSPS) is 14.6. The van der Waals surface area contributed by atoms with Gasteiger partial charge in [0.2, 0.25) is 0 Å². The lowest BCUT2D eigenvalue weighted by Gasteiger charge is -2.26. The summed E-state index contributed by atoms with van der Waals surface area (Å²) >= 11 is 12.6. The van der Waals surface area contributed by atoms with Crippen molar-refractivity contribution in [2.45, 2.75) is 32.8 Å². The summed E-state index contributed by atoms with van der Waals surface area (Å²) in [5.74, 6) is -0.239. The number of aliphatic hydroxyl groups is 1. The SMILES string of the molecule is Cc1c(C(=O)NN2CCCCC2)nn(-c2ccc(Cl)cc2Cl)c1-c1ccc(CO)cc1. The predicted molar refractivity (Wildman–Crippen MR) is 123 cm³/mol. The lowest BCUT2D eigenvalue weighted by atomic mass is 10.0. The average Bonchev–Trinajstić information content (AvgIpc) is 3.11. The highest BCUT2D eigenvalue weighted by Crippen LogP contribution is 2.33. The fourth-order valence-corrected chi connectivity index (χ4v) is 4.34. The van der Waals surface area contributed by atoms with Crippen molar-refractivity contribution >= 4 is 29.1 Å². The van der Waals surface area contributed by atoms with Crippen LogP contribution < -0.4 is 5.43 Å². The number of hydrogen-bond acceptors (Lipinski definition) is 4. The van der Waals surface area contributed by atoms with E-state index in [4.69, 9.17) is 23.2 Å². The second kappa shape index (κ2) is 9.40. The van der Waals surface area contributed by atoms with Crippen LogP contribution in [0.2, 0.25) is 10.0 Å². The number of hydrazine groups is 1. The molecule has 0 spiro atoms. The Balaban J connectivity index is 1.79. The van der Waals surface area contributed by atoms with Crippen LogP contribution in [0, 0.1) is 6.92 Å². The minimum absolute atomic E-state index is 0.0367. The van der Waals surface area contributed by atoms with Gasteiger partial charge in [0.15, 0.2) is 5.69 Å². The topological polar surface area (TPSA) is 70.4 Å². The second-order valence-corrected chi connectivity index (χ2v) is 8.52. The van der Waals surface area contributed by atoms with Gasteiger partial charge in [-0.05, 0) is 43.5 Å². The first-order valence-electron chi connectivity index (χ1n) is 10.3. The minimum Gasteiger partial charge on any atom is -0.392 e. The third-order valence-electron chi connectivity index (χ3n) is 5.50. The molecular weight excluding hydrogens is 435 g/mol. The van der Waals surface area contributed by atoms with Gasteiger partial charge in [0.25, 0.3) is 5.91 Å². The summed E-state index contributed by atoms with van der Waals surface area (Å²) in [5.41, 5.74) is 7.15. The molecule has 1 aromatic heterocycles. The molecule has 4 rings (SSSR count). The number of rotatable bonds is 5. The number of piperidine rings is 1. The highest BCUT2D eigenvalue weighted by molar-refractivity contribution is 6.35. The van der Waals surface area contributed by atoms with Crippen LogP contribution in [0.1, 0.15) is 40.9 Å². The van der Waals surface area contributed by atoms with Crippen molar-refractivity contribution < 1.29 is 9.90 Å². The zero-order valence-electron chi connectivity index (χ0n) is 17.2. The van der Waals surface area contributed by atoms with Crippen molar-refractivity contribution in [3.05, 3.63) is 69.3 Å². The molecule has 1 aliphatic rings. The van der Waals surface area contributed by atoms with Gasteiger partial charge in [0.05, 0.1) is 23.0 Å². The first kappa shape index (κ1) is 21.8. The van der Waals surface area contributed by atoms with E-state index in [-0.39, 0.29) is 12.5 Å². The fraction of sp³-hybridized carbons (Fsp3) is 0.304. The summed E-state index contributed by atoms with van der Waals surface area (Å²) in [5, 5.41) is 16.9. The van der Waals surface area contributed by atoms with Crippen molar-refractivity contribution in [2.24, 2.45) is 0 Å². The number of nitrogens with zero attached hydrogens (tertiary/aromatic N) is 3. The molecule has 0 unspecified atom stereocenters. The maximum absolute atomic E-state index is 13.1. The number of halogens is 2. The van der Waals surface area contributed by atoms with E-state index >= 15 is 0 Å². The van der Waals surface area contributed by atoms with Gasteiger partial charge in [0, 0.05) is 29.2 Å². The minimum atomic E-state index is -0.239. The van der Waals surface area contributed by atoms with Crippen LogP contribution in [0.3, 0.4) is 0 Å². The number of nitrogens with one attached hydrogen (secondary N) is 1. The summed E-state index contributed by atoms with van der Waals surface area (Å²) in [4.78, 5) is 13.1. The summed E-state index contributed by atoms with van der Waals surface area (Å²) in [6.07, 6.45) is 3.32. The molecule has 1 aliphatic heterocycles. The summed E-state index contributed by atoms with van der Waals surface area (Å²) in [7, 11) is 0.